The fourth-order valence-corrected chi connectivity index (χ4v) is 4.96. The van der Waals surface area contributed by atoms with Crippen LogP contribution in [-0.2, 0) is 19.2 Å². The molecule has 0 aromatic heterocycles. The average Bonchev–Trinajstić information content (AvgIpc) is 2.95. The zero-order chi connectivity index (χ0) is 30.2. The van der Waals surface area contributed by atoms with Crippen molar-refractivity contribution in [2.45, 2.75) is 25.0 Å². The van der Waals surface area contributed by atoms with Crippen LogP contribution in [0.2, 0.25) is 10.0 Å². The molecule has 0 saturated carbocycles. The van der Waals surface area contributed by atoms with Crippen molar-refractivity contribution >= 4 is 57.9 Å². The van der Waals surface area contributed by atoms with Crippen molar-refractivity contribution < 1.29 is 39.0 Å². The number of ketones is 6. The number of rotatable bonds is 8. The summed E-state index contributed by atoms with van der Waals surface area (Å²) in [6.07, 6.45) is -1.45. The number of aliphatic hydroxyl groups excluding tert-OH is 2. The lowest BCUT2D eigenvalue weighted by atomic mass is 9.62. The van der Waals surface area contributed by atoms with Gasteiger partial charge in [-0.3, -0.25) is 28.8 Å². The maximum absolute atomic E-state index is 14.5. The second-order valence-electron chi connectivity index (χ2n) is 9.50. The van der Waals surface area contributed by atoms with Gasteiger partial charge in [-0.2, -0.15) is 0 Å². The molecule has 2 aromatic rings. The number of hydrogen-bond acceptors (Lipinski definition) is 8. The molecule has 0 saturated heterocycles. The molecule has 0 fully saturated rings. The Balaban J connectivity index is 2.07. The van der Waals surface area contributed by atoms with Crippen LogP contribution in [0, 0.1) is 5.41 Å². The van der Waals surface area contributed by atoms with Gasteiger partial charge in [0.05, 0.1) is 0 Å². The molecular formula is C31H22Cl2O8. The van der Waals surface area contributed by atoms with Crippen molar-refractivity contribution in [3.63, 3.8) is 0 Å². The Hall–Kier alpha value is -4.08. The fourth-order valence-electron chi connectivity index (χ4n) is 4.70. The summed E-state index contributed by atoms with van der Waals surface area (Å²) >= 11 is 12.0. The van der Waals surface area contributed by atoms with Crippen molar-refractivity contribution in [2.75, 3.05) is 0 Å². The normalized spacial score (nSPS) is 19.4. The number of Topliss-reactive ketones (excluding diaryl/α,β-unsaturated/α-hetero) is 6. The Bertz CT molecular complexity index is 1490. The van der Waals surface area contributed by atoms with Crippen molar-refractivity contribution in [3.8, 4) is 0 Å². The molecule has 2 atom stereocenters. The Morgan fingerprint density at radius 1 is 0.634 bits per heavy atom. The molecule has 0 spiro atoms. The van der Waals surface area contributed by atoms with Gasteiger partial charge in [-0.25, -0.2) is 0 Å². The van der Waals surface area contributed by atoms with Crippen LogP contribution in [0.1, 0.15) is 33.6 Å². The molecule has 2 aliphatic carbocycles. The Morgan fingerprint density at radius 3 is 1.27 bits per heavy atom. The van der Waals surface area contributed by atoms with E-state index in [9.17, 15) is 39.0 Å². The summed E-state index contributed by atoms with van der Waals surface area (Å²) in [5, 5.41) is 20.5. The largest absolute Gasteiger partial charge is 0.385 e. The van der Waals surface area contributed by atoms with E-state index >= 15 is 0 Å². The molecule has 0 heterocycles. The Morgan fingerprint density at radius 2 is 0.951 bits per heavy atom. The van der Waals surface area contributed by atoms with Gasteiger partial charge in [0, 0.05) is 43.5 Å². The molecule has 2 aromatic carbocycles. The van der Waals surface area contributed by atoms with Crippen LogP contribution in [0.3, 0.4) is 0 Å². The highest BCUT2D eigenvalue weighted by Crippen LogP contribution is 2.41. The molecular weight excluding hydrogens is 571 g/mol. The lowest BCUT2D eigenvalue weighted by Crippen LogP contribution is -2.55. The van der Waals surface area contributed by atoms with Gasteiger partial charge in [0.1, 0.15) is 12.2 Å². The third-order valence-electron chi connectivity index (χ3n) is 7.01. The number of benzene rings is 2. The zero-order valence-corrected chi connectivity index (χ0v) is 22.9. The molecule has 2 unspecified atom stereocenters. The minimum Gasteiger partial charge on any atom is -0.385 e. The van der Waals surface area contributed by atoms with Crippen LogP contribution in [0.15, 0.2) is 96.1 Å². The van der Waals surface area contributed by atoms with Crippen molar-refractivity contribution in [2.24, 2.45) is 5.41 Å². The summed E-state index contributed by atoms with van der Waals surface area (Å²) in [5.74, 6) is -7.11. The maximum atomic E-state index is 14.5. The van der Waals surface area contributed by atoms with Crippen molar-refractivity contribution in [1.82, 2.24) is 0 Å². The molecule has 2 N–H and O–H groups in total. The first kappa shape index (κ1) is 29.9. The SMILES string of the molecule is C=C1C(=O)C(O)CC=C1C(=O)C(C(=O)C1=CCC(O)C(=O)C1=C)(C(=O)c1ccc(Cl)cc1)C(=O)c1ccc(Cl)cc1. The predicted molar refractivity (Wildman–Crippen MR) is 150 cm³/mol. The first-order valence-electron chi connectivity index (χ1n) is 12.3. The quantitative estimate of drug-likeness (QED) is 0.267. The smallest absolute Gasteiger partial charge is 0.221 e. The molecule has 8 nitrogen and oxygen atoms in total. The lowest BCUT2D eigenvalue weighted by molar-refractivity contribution is -0.132. The Kier molecular flexibility index (Phi) is 8.33. The minimum absolute atomic E-state index is 0.222. The zero-order valence-electron chi connectivity index (χ0n) is 21.4. The first-order valence-corrected chi connectivity index (χ1v) is 13.0. The predicted octanol–water partition coefficient (Wildman–Crippen LogP) is 3.82. The highest BCUT2D eigenvalue weighted by Gasteiger charge is 2.61. The summed E-state index contributed by atoms with van der Waals surface area (Å²) in [4.78, 5) is 83.1. The van der Waals surface area contributed by atoms with Crippen LogP contribution < -0.4 is 0 Å². The number of carbonyl (C=O) groups is 6. The topological polar surface area (TPSA) is 143 Å². The summed E-state index contributed by atoms with van der Waals surface area (Å²) in [6, 6.07) is 10.1. The highest BCUT2D eigenvalue weighted by molar-refractivity contribution is 6.50. The third-order valence-corrected chi connectivity index (χ3v) is 7.51. The summed E-state index contributed by atoms with van der Waals surface area (Å²) in [7, 11) is 0. The number of allylic oxidation sites excluding steroid dienone is 2. The van der Waals surface area contributed by atoms with E-state index in [1.807, 2.05) is 0 Å². The summed E-state index contributed by atoms with van der Waals surface area (Å²) < 4.78 is 0. The van der Waals surface area contributed by atoms with E-state index in [1.165, 1.54) is 48.5 Å². The van der Waals surface area contributed by atoms with E-state index in [0.29, 0.717) is 0 Å². The average molecular weight is 593 g/mol. The standard InChI is InChI=1S/C31H22Cl2O8/c1-15-21(11-13-23(34)25(15)36)29(40)31(27(38)17-3-7-19(32)8-4-17,28(39)18-5-9-20(33)10-6-18)30(41)22-12-14-24(35)26(37)16(22)2/h3-12,23-24,34-35H,1-2,13-14H2. The first-order chi connectivity index (χ1) is 19.3. The molecule has 0 amide bonds. The molecule has 0 bridgehead atoms. The molecule has 2 aliphatic rings. The molecule has 208 valence electrons. The van der Waals surface area contributed by atoms with Gasteiger partial charge in [-0.1, -0.05) is 48.5 Å². The van der Waals surface area contributed by atoms with Crippen LogP contribution in [0.25, 0.3) is 0 Å². The van der Waals surface area contributed by atoms with Gasteiger partial charge in [-0.15, -0.1) is 0 Å². The lowest BCUT2D eigenvalue weighted by Gasteiger charge is -2.33. The van der Waals surface area contributed by atoms with Crippen LogP contribution in [-0.4, -0.2) is 57.1 Å². The van der Waals surface area contributed by atoms with Crippen molar-refractivity contribution in [1.29, 1.82) is 0 Å². The van der Waals surface area contributed by atoms with Gasteiger partial charge in [0.25, 0.3) is 0 Å². The molecule has 10 heteroatoms. The van der Waals surface area contributed by atoms with Crippen molar-refractivity contribution in [3.05, 3.63) is 117 Å². The van der Waals surface area contributed by atoms with E-state index in [2.05, 4.69) is 13.2 Å². The van der Waals surface area contributed by atoms with E-state index in [4.69, 9.17) is 23.2 Å². The van der Waals surface area contributed by atoms with Gasteiger partial charge in [0.15, 0.2) is 34.7 Å². The second kappa shape index (κ2) is 11.4. The molecule has 41 heavy (non-hydrogen) atoms. The van der Waals surface area contributed by atoms with E-state index in [-0.39, 0.29) is 34.0 Å². The maximum Gasteiger partial charge on any atom is 0.221 e. The van der Waals surface area contributed by atoms with Gasteiger partial charge in [0.2, 0.25) is 5.41 Å². The van der Waals surface area contributed by atoms with E-state index in [1.54, 1.807) is 0 Å². The van der Waals surface area contributed by atoms with Gasteiger partial charge < -0.3 is 10.2 Å². The number of halogens is 2. The Labute approximate surface area is 244 Å². The van der Waals surface area contributed by atoms with Gasteiger partial charge in [-0.05, 0) is 61.4 Å². The van der Waals surface area contributed by atoms with E-state index in [0.717, 1.165) is 12.2 Å². The molecule has 4 rings (SSSR count). The van der Waals surface area contributed by atoms with Gasteiger partial charge >= 0.3 is 0 Å². The highest BCUT2D eigenvalue weighted by atomic mass is 35.5. The van der Waals surface area contributed by atoms with E-state index < -0.39 is 74.6 Å². The van der Waals surface area contributed by atoms with Crippen LogP contribution in [0.5, 0.6) is 0 Å². The minimum atomic E-state index is -3.21. The number of hydrogen-bond donors (Lipinski definition) is 2. The summed E-state index contributed by atoms with van der Waals surface area (Å²) in [5.41, 5.74) is -5.72. The summed E-state index contributed by atoms with van der Waals surface area (Å²) in [6.45, 7) is 7.14. The van der Waals surface area contributed by atoms with Crippen LogP contribution >= 0.6 is 23.2 Å². The fraction of sp³-hybridized carbons (Fsp3) is 0.161. The third kappa shape index (κ3) is 5.11. The monoisotopic (exact) mass is 592 g/mol. The number of carbonyl (C=O) groups excluding carboxylic acids is 6. The van der Waals surface area contributed by atoms with Crippen LogP contribution in [0.4, 0.5) is 0 Å². The number of aliphatic hydroxyl groups is 2. The second-order valence-corrected chi connectivity index (χ2v) is 10.4. The molecule has 0 aliphatic heterocycles. The molecule has 0 radical (unpaired) electrons.